The first-order chi connectivity index (χ1) is 10.2. The molecule has 1 fully saturated rings. The van der Waals surface area contributed by atoms with Crippen molar-refractivity contribution in [3.05, 3.63) is 40.2 Å². The third-order valence-electron chi connectivity index (χ3n) is 3.36. The molecule has 1 saturated heterocycles. The first-order valence-electron chi connectivity index (χ1n) is 6.69. The summed E-state index contributed by atoms with van der Waals surface area (Å²) in [5.41, 5.74) is 0.652. The lowest BCUT2D eigenvalue weighted by Gasteiger charge is -2.17. The molecule has 0 radical (unpaired) electrons. The molecule has 2 aromatic rings. The van der Waals surface area contributed by atoms with Gasteiger partial charge in [-0.2, -0.15) is 0 Å². The molecule has 0 aromatic carbocycles. The summed E-state index contributed by atoms with van der Waals surface area (Å²) in [6.07, 6.45) is 2.68. The van der Waals surface area contributed by atoms with E-state index in [1.165, 1.54) is 11.3 Å². The monoisotopic (exact) mass is 322 g/mol. The fourth-order valence-corrected chi connectivity index (χ4v) is 3.19. The number of amides is 2. The van der Waals surface area contributed by atoms with Gasteiger partial charge >= 0.3 is 6.03 Å². The Morgan fingerprint density at radius 1 is 1.43 bits per heavy atom. The Morgan fingerprint density at radius 2 is 2.33 bits per heavy atom. The van der Waals surface area contributed by atoms with Gasteiger partial charge in [-0.25, -0.2) is 9.78 Å². The highest BCUT2D eigenvalue weighted by Crippen LogP contribution is 2.27. The number of carbonyl (C=O) groups excluding carboxylic acids is 1. The molecular weight excluding hydrogens is 308 g/mol. The maximum atomic E-state index is 12.0. The first-order valence-corrected chi connectivity index (χ1v) is 7.94. The van der Waals surface area contributed by atoms with E-state index in [0.29, 0.717) is 10.0 Å². The summed E-state index contributed by atoms with van der Waals surface area (Å²) in [5, 5.41) is 7.58. The lowest BCUT2D eigenvalue weighted by Crippen LogP contribution is -2.39. The minimum atomic E-state index is -0.219. The number of pyridine rings is 1. The van der Waals surface area contributed by atoms with Gasteiger partial charge in [0, 0.05) is 25.3 Å². The molecule has 21 heavy (non-hydrogen) atoms. The van der Waals surface area contributed by atoms with Gasteiger partial charge in [-0.1, -0.05) is 17.7 Å². The molecule has 110 valence electrons. The number of nitrogens with one attached hydrogen (secondary N) is 2. The number of halogens is 1. The fourth-order valence-electron chi connectivity index (χ4n) is 2.35. The third-order valence-corrected chi connectivity index (χ3v) is 4.53. The lowest BCUT2D eigenvalue weighted by molar-refractivity contribution is 0.249. The van der Waals surface area contributed by atoms with Crippen molar-refractivity contribution in [3.8, 4) is 0 Å². The van der Waals surface area contributed by atoms with Crippen LogP contribution < -0.4 is 15.5 Å². The topological polar surface area (TPSA) is 57.3 Å². The molecule has 2 amide bonds. The van der Waals surface area contributed by atoms with Crippen molar-refractivity contribution < 1.29 is 4.79 Å². The maximum absolute atomic E-state index is 12.0. The van der Waals surface area contributed by atoms with E-state index in [1.807, 2.05) is 23.6 Å². The van der Waals surface area contributed by atoms with Crippen molar-refractivity contribution in [1.82, 2.24) is 10.3 Å². The van der Waals surface area contributed by atoms with Crippen LogP contribution in [0.15, 0.2) is 35.8 Å². The van der Waals surface area contributed by atoms with Crippen LogP contribution in [0.3, 0.4) is 0 Å². The van der Waals surface area contributed by atoms with Gasteiger partial charge < -0.3 is 15.5 Å². The van der Waals surface area contributed by atoms with Gasteiger partial charge in [0.1, 0.15) is 10.2 Å². The Kier molecular flexibility index (Phi) is 4.26. The third kappa shape index (κ3) is 3.46. The van der Waals surface area contributed by atoms with E-state index >= 15 is 0 Å². The van der Waals surface area contributed by atoms with Gasteiger partial charge in [-0.15, -0.1) is 11.3 Å². The molecule has 3 heterocycles. The Hall–Kier alpha value is -1.79. The molecule has 5 nitrogen and oxygen atoms in total. The van der Waals surface area contributed by atoms with Gasteiger partial charge in [0.2, 0.25) is 0 Å². The van der Waals surface area contributed by atoms with Crippen LogP contribution in [-0.2, 0) is 0 Å². The van der Waals surface area contributed by atoms with Crippen molar-refractivity contribution >= 4 is 40.5 Å². The highest BCUT2D eigenvalue weighted by Gasteiger charge is 2.24. The minimum absolute atomic E-state index is 0.115. The number of rotatable bonds is 3. The zero-order chi connectivity index (χ0) is 14.7. The van der Waals surface area contributed by atoms with E-state index in [-0.39, 0.29) is 12.1 Å². The summed E-state index contributed by atoms with van der Waals surface area (Å²) in [6, 6.07) is 7.53. The molecule has 0 aliphatic carbocycles. The van der Waals surface area contributed by atoms with Crippen LogP contribution in [0.2, 0.25) is 4.34 Å². The van der Waals surface area contributed by atoms with Crippen LogP contribution in [0.5, 0.6) is 0 Å². The van der Waals surface area contributed by atoms with Crippen molar-refractivity contribution in [2.75, 3.05) is 23.3 Å². The normalized spacial score (nSPS) is 17.8. The number of aromatic nitrogens is 1. The van der Waals surface area contributed by atoms with Crippen molar-refractivity contribution in [3.63, 3.8) is 0 Å². The van der Waals surface area contributed by atoms with Gasteiger partial charge in [-0.3, -0.25) is 0 Å². The lowest BCUT2D eigenvalue weighted by atomic mass is 10.3. The summed E-state index contributed by atoms with van der Waals surface area (Å²) in [4.78, 5) is 18.4. The SMILES string of the molecule is O=C(Nc1ccsc1Cl)NC1CCN(c2ccccn2)C1. The second kappa shape index (κ2) is 6.32. The van der Waals surface area contributed by atoms with Crippen LogP contribution in [0, 0.1) is 0 Å². The summed E-state index contributed by atoms with van der Waals surface area (Å²) >= 11 is 7.36. The zero-order valence-corrected chi connectivity index (χ0v) is 12.8. The number of hydrogen-bond acceptors (Lipinski definition) is 4. The van der Waals surface area contributed by atoms with Crippen molar-refractivity contribution in [2.45, 2.75) is 12.5 Å². The predicted molar refractivity (Wildman–Crippen MR) is 86.3 cm³/mol. The molecule has 2 N–H and O–H groups in total. The van der Waals surface area contributed by atoms with Crippen LogP contribution in [0.1, 0.15) is 6.42 Å². The quantitative estimate of drug-likeness (QED) is 0.912. The van der Waals surface area contributed by atoms with E-state index in [4.69, 9.17) is 11.6 Å². The summed E-state index contributed by atoms with van der Waals surface area (Å²) < 4.78 is 0.590. The van der Waals surface area contributed by atoms with E-state index in [9.17, 15) is 4.79 Å². The number of thiophene rings is 1. The summed E-state index contributed by atoms with van der Waals surface area (Å²) in [7, 11) is 0. The molecule has 1 aliphatic heterocycles. The van der Waals surface area contributed by atoms with Gasteiger partial charge in [-0.05, 0) is 30.0 Å². The Balaban J connectivity index is 1.53. The van der Waals surface area contributed by atoms with Gasteiger partial charge in [0.15, 0.2) is 0 Å². The largest absolute Gasteiger partial charge is 0.354 e. The maximum Gasteiger partial charge on any atom is 0.319 e. The van der Waals surface area contributed by atoms with Crippen molar-refractivity contribution in [2.24, 2.45) is 0 Å². The van der Waals surface area contributed by atoms with Gasteiger partial charge in [0.05, 0.1) is 5.69 Å². The molecule has 1 atom stereocenters. The summed E-state index contributed by atoms with van der Waals surface area (Å²) in [5.74, 6) is 0.947. The highest BCUT2D eigenvalue weighted by atomic mass is 35.5. The highest BCUT2D eigenvalue weighted by molar-refractivity contribution is 7.15. The number of nitrogens with zero attached hydrogens (tertiary/aromatic N) is 2. The second-order valence-corrected chi connectivity index (χ2v) is 6.34. The van der Waals surface area contributed by atoms with Crippen molar-refractivity contribution in [1.29, 1.82) is 0 Å². The van der Waals surface area contributed by atoms with Crippen LogP contribution >= 0.6 is 22.9 Å². The molecule has 7 heteroatoms. The number of carbonyl (C=O) groups is 1. The smallest absolute Gasteiger partial charge is 0.319 e. The minimum Gasteiger partial charge on any atom is -0.354 e. The van der Waals surface area contributed by atoms with Crippen LogP contribution in [0.25, 0.3) is 0 Å². The first kappa shape index (κ1) is 14.2. The molecular formula is C14H15ClN4OS. The van der Waals surface area contributed by atoms with Gasteiger partial charge in [0.25, 0.3) is 0 Å². The fraction of sp³-hybridized carbons (Fsp3) is 0.286. The van der Waals surface area contributed by atoms with E-state index in [1.54, 1.807) is 12.3 Å². The summed E-state index contributed by atoms with van der Waals surface area (Å²) in [6.45, 7) is 1.66. The second-order valence-electron chi connectivity index (χ2n) is 4.83. The molecule has 0 bridgehead atoms. The zero-order valence-electron chi connectivity index (χ0n) is 11.3. The Morgan fingerprint density at radius 3 is 3.05 bits per heavy atom. The standard InChI is InChI=1S/C14H15ClN4OS/c15-13-11(5-8-21-13)18-14(20)17-10-4-7-19(9-10)12-3-1-2-6-16-12/h1-3,5-6,8,10H,4,7,9H2,(H2,17,18,20). The predicted octanol–water partition coefficient (Wildman–Crippen LogP) is 3.20. The molecule has 3 rings (SSSR count). The van der Waals surface area contributed by atoms with Crippen LogP contribution in [0.4, 0.5) is 16.3 Å². The average Bonchev–Trinajstić information content (AvgIpc) is 3.10. The molecule has 1 aliphatic rings. The Bertz CT molecular complexity index is 618. The van der Waals surface area contributed by atoms with E-state index in [2.05, 4.69) is 20.5 Å². The molecule has 0 spiro atoms. The van der Waals surface area contributed by atoms with E-state index < -0.39 is 0 Å². The molecule has 2 aromatic heterocycles. The molecule has 0 saturated carbocycles. The number of hydrogen-bond donors (Lipinski definition) is 2. The average molecular weight is 323 g/mol. The number of urea groups is 1. The number of anilines is 2. The van der Waals surface area contributed by atoms with E-state index in [0.717, 1.165) is 25.3 Å². The molecule has 1 unspecified atom stereocenters. The van der Waals surface area contributed by atoms with Crippen LogP contribution in [-0.4, -0.2) is 30.1 Å². The Labute approximate surface area is 131 Å².